The highest BCUT2D eigenvalue weighted by Crippen LogP contribution is 2.21. The molecule has 1 fully saturated rings. The standard InChI is InChI=1S/C21H22FN3O/c1-24-19-8-7-17(22)12-16(19)13-20(24)21(26)23-18-6-4-5-15(11-18)14-25-9-2-3-10-25/h4-8,11-13H,2-3,9-10,14H2,1H3,(H,23,26). The van der Waals surface area contributed by atoms with Gasteiger partial charge >= 0.3 is 0 Å². The average molecular weight is 351 g/mol. The van der Waals surface area contributed by atoms with Crippen LogP contribution in [0.2, 0.25) is 0 Å². The van der Waals surface area contributed by atoms with Crippen LogP contribution in [-0.4, -0.2) is 28.5 Å². The maximum atomic E-state index is 13.4. The maximum Gasteiger partial charge on any atom is 0.272 e. The monoisotopic (exact) mass is 351 g/mol. The molecule has 0 radical (unpaired) electrons. The van der Waals surface area contributed by atoms with Crippen LogP contribution in [0.3, 0.4) is 0 Å². The molecule has 2 heterocycles. The SMILES string of the molecule is Cn1c(C(=O)Nc2cccc(CN3CCCC3)c2)cc2cc(F)ccc21. The van der Waals surface area contributed by atoms with E-state index >= 15 is 0 Å². The fraction of sp³-hybridized carbons (Fsp3) is 0.286. The molecular formula is C21H22FN3O. The fourth-order valence-electron chi connectivity index (χ4n) is 3.68. The van der Waals surface area contributed by atoms with E-state index in [1.54, 1.807) is 16.7 Å². The van der Waals surface area contributed by atoms with Crippen LogP contribution in [0.5, 0.6) is 0 Å². The van der Waals surface area contributed by atoms with Gasteiger partial charge in [-0.3, -0.25) is 9.69 Å². The van der Waals surface area contributed by atoms with Crippen molar-refractivity contribution in [1.29, 1.82) is 0 Å². The van der Waals surface area contributed by atoms with Gasteiger partial charge in [-0.25, -0.2) is 4.39 Å². The van der Waals surface area contributed by atoms with Gasteiger partial charge in [-0.1, -0.05) is 12.1 Å². The summed E-state index contributed by atoms with van der Waals surface area (Å²) in [6.07, 6.45) is 2.52. The molecule has 0 aliphatic carbocycles. The number of anilines is 1. The highest BCUT2D eigenvalue weighted by molar-refractivity contribution is 6.06. The minimum Gasteiger partial charge on any atom is -0.340 e. The van der Waals surface area contributed by atoms with Gasteiger partial charge in [-0.05, 0) is 67.9 Å². The van der Waals surface area contributed by atoms with E-state index in [4.69, 9.17) is 0 Å². The van der Waals surface area contributed by atoms with Crippen molar-refractivity contribution in [3.05, 3.63) is 65.6 Å². The summed E-state index contributed by atoms with van der Waals surface area (Å²) in [7, 11) is 1.82. The Morgan fingerprint density at radius 3 is 2.73 bits per heavy atom. The second-order valence-electron chi connectivity index (χ2n) is 6.93. The molecule has 1 saturated heterocycles. The molecule has 0 bridgehead atoms. The number of nitrogens with zero attached hydrogens (tertiary/aromatic N) is 2. The van der Waals surface area contributed by atoms with Crippen molar-refractivity contribution in [2.24, 2.45) is 7.05 Å². The van der Waals surface area contributed by atoms with Crippen LogP contribution in [0.25, 0.3) is 10.9 Å². The zero-order chi connectivity index (χ0) is 18.1. The first kappa shape index (κ1) is 16.8. The Hall–Kier alpha value is -2.66. The Kier molecular flexibility index (Phi) is 4.47. The van der Waals surface area contributed by atoms with Crippen molar-refractivity contribution >= 4 is 22.5 Å². The Morgan fingerprint density at radius 2 is 1.92 bits per heavy atom. The highest BCUT2D eigenvalue weighted by atomic mass is 19.1. The molecule has 0 saturated carbocycles. The maximum absolute atomic E-state index is 13.4. The number of carbonyl (C=O) groups is 1. The van der Waals surface area contributed by atoms with Crippen LogP contribution in [0.4, 0.5) is 10.1 Å². The predicted octanol–water partition coefficient (Wildman–Crippen LogP) is 4.17. The Morgan fingerprint density at radius 1 is 1.12 bits per heavy atom. The number of fused-ring (bicyclic) bond motifs is 1. The van der Waals surface area contributed by atoms with Gasteiger partial charge in [0.2, 0.25) is 0 Å². The van der Waals surface area contributed by atoms with E-state index in [0.717, 1.165) is 36.2 Å². The topological polar surface area (TPSA) is 37.3 Å². The molecule has 0 spiro atoms. The van der Waals surface area contributed by atoms with Crippen LogP contribution in [0, 0.1) is 5.82 Å². The molecule has 0 atom stereocenters. The first-order valence-corrected chi connectivity index (χ1v) is 8.98. The molecule has 26 heavy (non-hydrogen) atoms. The quantitative estimate of drug-likeness (QED) is 0.766. The predicted molar refractivity (Wildman–Crippen MR) is 102 cm³/mol. The number of hydrogen-bond acceptors (Lipinski definition) is 2. The Labute approximate surface area is 152 Å². The summed E-state index contributed by atoms with van der Waals surface area (Å²) in [5.74, 6) is -0.493. The van der Waals surface area contributed by atoms with E-state index in [0.29, 0.717) is 5.69 Å². The highest BCUT2D eigenvalue weighted by Gasteiger charge is 2.15. The number of benzene rings is 2. The number of halogens is 1. The van der Waals surface area contributed by atoms with E-state index in [1.165, 1.54) is 30.5 Å². The lowest BCUT2D eigenvalue weighted by atomic mass is 10.2. The molecule has 2 aromatic carbocycles. The smallest absolute Gasteiger partial charge is 0.272 e. The Bertz CT molecular complexity index is 957. The van der Waals surface area contributed by atoms with Crippen LogP contribution >= 0.6 is 0 Å². The molecule has 0 unspecified atom stereocenters. The Balaban J connectivity index is 1.53. The first-order valence-electron chi connectivity index (χ1n) is 8.98. The number of likely N-dealkylation sites (tertiary alicyclic amines) is 1. The van der Waals surface area contributed by atoms with Crippen LogP contribution in [0.1, 0.15) is 28.9 Å². The fourth-order valence-corrected chi connectivity index (χ4v) is 3.68. The van der Waals surface area contributed by atoms with Crippen molar-refractivity contribution in [3.8, 4) is 0 Å². The average Bonchev–Trinajstić information content (AvgIpc) is 3.23. The molecular weight excluding hydrogens is 329 g/mol. The third kappa shape index (κ3) is 3.35. The minimum atomic E-state index is -0.301. The molecule has 5 heteroatoms. The molecule has 1 aromatic heterocycles. The third-order valence-electron chi connectivity index (χ3n) is 5.03. The molecule has 4 nitrogen and oxygen atoms in total. The third-order valence-corrected chi connectivity index (χ3v) is 5.03. The number of aryl methyl sites for hydroxylation is 1. The number of rotatable bonds is 4. The number of nitrogens with one attached hydrogen (secondary N) is 1. The van der Waals surface area contributed by atoms with Gasteiger partial charge < -0.3 is 9.88 Å². The van der Waals surface area contributed by atoms with Gasteiger partial charge in [-0.15, -0.1) is 0 Å². The lowest BCUT2D eigenvalue weighted by molar-refractivity contribution is 0.101. The van der Waals surface area contributed by atoms with E-state index in [2.05, 4.69) is 16.3 Å². The van der Waals surface area contributed by atoms with E-state index < -0.39 is 0 Å². The number of amides is 1. The molecule has 134 valence electrons. The molecule has 1 aliphatic rings. The van der Waals surface area contributed by atoms with E-state index in [1.807, 2.05) is 25.2 Å². The molecule has 1 amide bonds. The van der Waals surface area contributed by atoms with Gasteiger partial charge in [0.25, 0.3) is 5.91 Å². The van der Waals surface area contributed by atoms with Gasteiger partial charge in [0.05, 0.1) is 0 Å². The summed E-state index contributed by atoms with van der Waals surface area (Å²) < 4.78 is 15.2. The summed E-state index contributed by atoms with van der Waals surface area (Å²) in [6.45, 7) is 3.20. The summed E-state index contributed by atoms with van der Waals surface area (Å²) >= 11 is 0. The number of hydrogen-bond donors (Lipinski definition) is 1. The second kappa shape index (κ2) is 6.92. The molecule has 3 aromatic rings. The molecule has 1 N–H and O–H groups in total. The zero-order valence-electron chi connectivity index (χ0n) is 14.8. The summed E-state index contributed by atoms with van der Waals surface area (Å²) in [4.78, 5) is 15.1. The van der Waals surface area contributed by atoms with Crippen molar-refractivity contribution in [2.45, 2.75) is 19.4 Å². The minimum absolute atomic E-state index is 0.192. The summed E-state index contributed by atoms with van der Waals surface area (Å²) in [5.41, 5.74) is 3.32. The van der Waals surface area contributed by atoms with Crippen LogP contribution in [0.15, 0.2) is 48.5 Å². The number of carbonyl (C=O) groups excluding carboxylic acids is 1. The summed E-state index contributed by atoms with van der Waals surface area (Å²) in [5, 5.41) is 3.69. The summed E-state index contributed by atoms with van der Waals surface area (Å²) in [6, 6.07) is 14.3. The van der Waals surface area contributed by atoms with Gasteiger partial charge in [0.1, 0.15) is 11.5 Å². The van der Waals surface area contributed by atoms with Crippen molar-refractivity contribution in [2.75, 3.05) is 18.4 Å². The van der Waals surface area contributed by atoms with E-state index in [9.17, 15) is 9.18 Å². The van der Waals surface area contributed by atoms with Crippen LogP contribution in [-0.2, 0) is 13.6 Å². The van der Waals surface area contributed by atoms with Gasteiger partial charge in [0, 0.05) is 30.2 Å². The number of aromatic nitrogens is 1. The van der Waals surface area contributed by atoms with E-state index in [-0.39, 0.29) is 11.7 Å². The first-order chi connectivity index (χ1) is 12.6. The van der Waals surface area contributed by atoms with Gasteiger partial charge in [-0.2, -0.15) is 0 Å². The van der Waals surface area contributed by atoms with Crippen molar-refractivity contribution in [3.63, 3.8) is 0 Å². The zero-order valence-corrected chi connectivity index (χ0v) is 14.8. The largest absolute Gasteiger partial charge is 0.340 e. The van der Waals surface area contributed by atoms with Gasteiger partial charge in [0.15, 0.2) is 0 Å². The van der Waals surface area contributed by atoms with Crippen molar-refractivity contribution in [1.82, 2.24) is 9.47 Å². The second-order valence-corrected chi connectivity index (χ2v) is 6.93. The lowest BCUT2D eigenvalue weighted by Crippen LogP contribution is -2.19. The lowest BCUT2D eigenvalue weighted by Gasteiger charge is -2.15. The molecule has 1 aliphatic heterocycles. The van der Waals surface area contributed by atoms with Crippen LogP contribution < -0.4 is 5.32 Å². The van der Waals surface area contributed by atoms with Crippen molar-refractivity contribution < 1.29 is 9.18 Å². The normalized spacial score (nSPS) is 14.8. The molecule has 4 rings (SSSR count).